The molecule has 1 heterocycles. The van der Waals surface area contributed by atoms with Crippen LogP contribution in [0.4, 0.5) is 0 Å². The van der Waals surface area contributed by atoms with E-state index in [0.717, 1.165) is 18.6 Å². The van der Waals surface area contributed by atoms with Crippen LogP contribution in [-0.2, 0) is 9.47 Å². The summed E-state index contributed by atoms with van der Waals surface area (Å²) in [6, 6.07) is 0. The Morgan fingerprint density at radius 3 is 2.50 bits per heavy atom. The first-order valence-corrected chi connectivity index (χ1v) is 4.77. The smallest absolute Gasteiger partial charge is 0.210 e. The van der Waals surface area contributed by atoms with Gasteiger partial charge in [0.25, 0.3) is 0 Å². The number of rotatable bonds is 0. The first-order chi connectivity index (χ1) is 5.72. The zero-order valence-corrected chi connectivity index (χ0v) is 7.64. The average molecular weight is 168 g/mol. The molecule has 1 aliphatic carbocycles. The third-order valence-corrected chi connectivity index (χ3v) is 2.78. The van der Waals surface area contributed by atoms with Gasteiger partial charge in [0.1, 0.15) is 11.9 Å². The van der Waals surface area contributed by atoms with Crippen molar-refractivity contribution in [2.75, 3.05) is 0 Å². The fourth-order valence-electron chi connectivity index (χ4n) is 2.04. The van der Waals surface area contributed by atoms with Gasteiger partial charge in [-0.2, -0.15) is 0 Å². The maximum atomic E-state index is 5.78. The second kappa shape index (κ2) is 2.77. The Kier molecular flexibility index (Phi) is 1.87. The summed E-state index contributed by atoms with van der Waals surface area (Å²) in [6.07, 6.45) is 5.92. The zero-order valence-electron chi connectivity index (χ0n) is 7.64. The summed E-state index contributed by atoms with van der Waals surface area (Å²) in [7, 11) is 0. The molecule has 0 amide bonds. The van der Waals surface area contributed by atoms with Gasteiger partial charge in [0.2, 0.25) is 5.79 Å². The van der Waals surface area contributed by atoms with E-state index in [4.69, 9.17) is 9.47 Å². The van der Waals surface area contributed by atoms with Gasteiger partial charge in [0.15, 0.2) is 0 Å². The highest BCUT2D eigenvalue weighted by Crippen LogP contribution is 2.41. The summed E-state index contributed by atoms with van der Waals surface area (Å²) >= 11 is 0. The molecule has 0 aromatic carbocycles. The fraction of sp³-hybridized carbons (Fsp3) is 0.800. The van der Waals surface area contributed by atoms with E-state index < -0.39 is 0 Å². The Bertz CT molecular complexity index is 192. The van der Waals surface area contributed by atoms with Gasteiger partial charge in [-0.15, -0.1) is 0 Å². The van der Waals surface area contributed by atoms with E-state index >= 15 is 0 Å². The molecule has 12 heavy (non-hydrogen) atoms. The van der Waals surface area contributed by atoms with Crippen LogP contribution in [0.2, 0.25) is 0 Å². The monoisotopic (exact) mass is 168 g/mol. The van der Waals surface area contributed by atoms with Gasteiger partial charge in [-0.25, -0.2) is 0 Å². The maximum absolute atomic E-state index is 5.78. The van der Waals surface area contributed by atoms with Crippen LogP contribution in [0.5, 0.6) is 0 Å². The lowest BCUT2D eigenvalue weighted by Gasteiger charge is -2.31. The lowest BCUT2D eigenvalue weighted by molar-refractivity contribution is -0.179. The van der Waals surface area contributed by atoms with E-state index in [1.807, 2.05) is 6.92 Å². The number of ether oxygens (including phenoxy) is 2. The zero-order chi connectivity index (χ0) is 8.60. The van der Waals surface area contributed by atoms with Crippen LogP contribution in [0.1, 0.15) is 39.0 Å². The summed E-state index contributed by atoms with van der Waals surface area (Å²) in [6.45, 7) is 5.84. The van der Waals surface area contributed by atoms with E-state index in [9.17, 15) is 0 Å². The van der Waals surface area contributed by atoms with Crippen LogP contribution in [-0.4, -0.2) is 11.9 Å². The first kappa shape index (κ1) is 8.11. The van der Waals surface area contributed by atoms with E-state index in [0.29, 0.717) is 0 Å². The van der Waals surface area contributed by atoms with Gasteiger partial charge in [0, 0.05) is 12.8 Å². The van der Waals surface area contributed by atoms with Crippen molar-refractivity contribution in [2.45, 2.75) is 50.9 Å². The van der Waals surface area contributed by atoms with Crippen LogP contribution in [0.3, 0.4) is 0 Å². The highest BCUT2D eigenvalue weighted by molar-refractivity contribution is 5.00. The molecule has 0 aromatic heterocycles. The van der Waals surface area contributed by atoms with Crippen molar-refractivity contribution in [3.8, 4) is 0 Å². The Morgan fingerprint density at radius 2 is 2.00 bits per heavy atom. The number of hydrogen-bond donors (Lipinski definition) is 0. The Balaban J connectivity index is 2.07. The Hall–Kier alpha value is -0.500. The van der Waals surface area contributed by atoms with Crippen LogP contribution in [0.25, 0.3) is 0 Å². The molecule has 1 saturated heterocycles. The molecule has 1 atom stereocenters. The van der Waals surface area contributed by atoms with Gasteiger partial charge >= 0.3 is 0 Å². The standard InChI is InChI=1S/C10H16O2/c1-8-9(2)12-10(11-8)6-4-3-5-7-10/h9H,1,3-7H2,2H3/t9-/m0/s1. The third-order valence-electron chi connectivity index (χ3n) is 2.78. The minimum absolute atomic E-state index is 0.0862. The topological polar surface area (TPSA) is 18.5 Å². The van der Waals surface area contributed by atoms with E-state index in [2.05, 4.69) is 6.58 Å². The second-order valence-electron chi connectivity index (χ2n) is 3.80. The van der Waals surface area contributed by atoms with E-state index in [-0.39, 0.29) is 11.9 Å². The average Bonchev–Trinajstić information content (AvgIpc) is 2.29. The van der Waals surface area contributed by atoms with Crippen molar-refractivity contribution in [1.29, 1.82) is 0 Å². The highest BCUT2D eigenvalue weighted by atomic mass is 16.7. The molecule has 0 bridgehead atoms. The normalized spacial score (nSPS) is 33.8. The highest BCUT2D eigenvalue weighted by Gasteiger charge is 2.43. The van der Waals surface area contributed by atoms with E-state index in [1.54, 1.807) is 0 Å². The molecule has 68 valence electrons. The molecular weight excluding hydrogens is 152 g/mol. The number of hydrogen-bond acceptors (Lipinski definition) is 2. The summed E-state index contributed by atoms with van der Waals surface area (Å²) < 4.78 is 11.5. The first-order valence-electron chi connectivity index (χ1n) is 4.77. The van der Waals surface area contributed by atoms with Crippen molar-refractivity contribution in [2.24, 2.45) is 0 Å². The summed E-state index contributed by atoms with van der Waals surface area (Å²) in [5, 5.41) is 0. The second-order valence-corrected chi connectivity index (χ2v) is 3.80. The molecule has 1 aliphatic heterocycles. The molecule has 2 fully saturated rings. The lowest BCUT2D eigenvalue weighted by Crippen LogP contribution is -2.32. The molecule has 2 rings (SSSR count). The summed E-state index contributed by atoms with van der Waals surface area (Å²) in [5.41, 5.74) is 0. The fourth-order valence-corrected chi connectivity index (χ4v) is 2.04. The van der Waals surface area contributed by atoms with Crippen LogP contribution < -0.4 is 0 Å². The Labute approximate surface area is 73.5 Å². The SMILES string of the molecule is C=C1OC2(CCCCC2)O[C@H]1C. The quantitative estimate of drug-likeness (QED) is 0.553. The van der Waals surface area contributed by atoms with Crippen LogP contribution >= 0.6 is 0 Å². The predicted molar refractivity (Wildman–Crippen MR) is 46.6 cm³/mol. The molecule has 1 spiro atoms. The Morgan fingerprint density at radius 1 is 1.33 bits per heavy atom. The largest absolute Gasteiger partial charge is 0.465 e. The van der Waals surface area contributed by atoms with Crippen molar-refractivity contribution in [1.82, 2.24) is 0 Å². The van der Waals surface area contributed by atoms with Crippen molar-refractivity contribution in [3.63, 3.8) is 0 Å². The summed E-state index contributed by atoms with van der Waals surface area (Å²) in [5.74, 6) is 0.520. The van der Waals surface area contributed by atoms with Gasteiger partial charge in [-0.3, -0.25) is 0 Å². The third kappa shape index (κ3) is 1.24. The molecule has 2 heteroatoms. The minimum Gasteiger partial charge on any atom is -0.465 e. The molecule has 0 radical (unpaired) electrons. The van der Waals surface area contributed by atoms with Gasteiger partial charge < -0.3 is 9.47 Å². The van der Waals surface area contributed by atoms with Crippen molar-refractivity contribution < 1.29 is 9.47 Å². The molecular formula is C10H16O2. The molecule has 0 aromatic rings. The van der Waals surface area contributed by atoms with Gasteiger partial charge in [-0.1, -0.05) is 13.0 Å². The van der Waals surface area contributed by atoms with Crippen molar-refractivity contribution in [3.05, 3.63) is 12.3 Å². The molecule has 0 unspecified atom stereocenters. The predicted octanol–water partition coefficient (Wildman–Crippen LogP) is 2.60. The lowest BCUT2D eigenvalue weighted by atomic mass is 9.94. The summed E-state index contributed by atoms with van der Waals surface area (Å²) in [4.78, 5) is 0. The minimum atomic E-state index is -0.283. The van der Waals surface area contributed by atoms with Crippen molar-refractivity contribution >= 4 is 0 Å². The van der Waals surface area contributed by atoms with E-state index in [1.165, 1.54) is 19.3 Å². The molecule has 1 saturated carbocycles. The molecule has 0 N–H and O–H groups in total. The van der Waals surface area contributed by atoms with Gasteiger partial charge in [0.05, 0.1) is 0 Å². The maximum Gasteiger partial charge on any atom is 0.210 e. The molecule has 2 aliphatic rings. The van der Waals surface area contributed by atoms with Gasteiger partial charge in [-0.05, 0) is 19.8 Å². The molecule has 2 nitrogen and oxygen atoms in total. The van der Waals surface area contributed by atoms with Crippen LogP contribution in [0.15, 0.2) is 12.3 Å². The van der Waals surface area contributed by atoms with Crippen LogP contribution in [0, 0.1) is 0 Å².